The second-order valence-electron chi connectivity index (χ2n) is 6.00. The Morgan fingerprint density at radius 2 is 1.96 bits per heavy atom. The van der Waals surface area contributed by atoms with Crippen molar-refractivity contribution in [2.75, 3.05) is 18.5 Å². The Hall–Kier alpha value is -3.00. The van der Waals surface area contributed by atoms with Gasteiger partial charge in [0, 0.05) is 18.5 Å². The number of aromatic nitrogens is 1. The number of carbonyl (C=O) groups excluding carboxylic acids is 2. The number of halogens is 1. The summed E-state index contributed by atoms with van der Waals surface area (Å²) in [6, 6.07) is 10.9. The van der Waals surface area contributed by atoms with Gasteiger partial charge in [-0.2, -0.15) is 0 Å². The number of nitrogens with one attached hydrogen (secondary N) is 2. The summed E-state index contributed by atoms with van der Waals surface area (Å²) in [5.41, 5.74) is 1.18. The van der Waals surface area contributed by atoms with Gasteiger partial charge in [0.25, 0.3) is 5.91 Å². The molecule has 0 unspecified atom stereocenters. The molecule has 0 fully saturated rings. The Balaban J connectivity index is 1.44. The molecule has 0 bridgehead atoms. The highest BCUT2D eigenvalue weighted by Gasteiger charge is 2.10. The number of nitrogens with zero attached hydrogens (tertiary/aromatic N) is 1. The molecule has 2 N–H and O–H groups in total. The first-order valence-corrected chi connectivity index (χ1v) is 9.74. The normalized spacial score (nSPS) is 10.6. The van der Waals surface area contributed by atoms with E-state index < -0.39 is 5.82 Å². The van der Waals surface area contributed by atoms with E-state index in [1.54, 1.807) is 0 Å². The zero-order valence-electron chi connectivity index (χ0n) is 15.3. The molecule has 1 heterocycles. The Labute approximate surface area is 165 Å². The highest BCUT2D eigenvalue weighted by molar-refractivity contribution is 7.22. The summed E-state index contributed by atoms with van der Waals surface area (Å²) in [6.45, 7) is 2.86. The standard InChI is InChI=1S/C20H20FN3O3S/c1-2-27-15-9-10-16-17(12-15)28-20(23-16)24-18(25)4-3-11-22-19(26)13-5-7-14(21)8-6-13/h5-10,12H,2-4,11H2,1H3,(H,22,26)(H,23,24,25). The van der Waals surface area contributed by atoms with Crippen LogP contribution in [0.15, 0.2) is 42.5 Å². The molecule has 0 aliphatic carbocycles. The number of anilines is 1. The highest BCUT2D eigenvalue weighted by Crippen LogP contribution is 2.29. The van der Waals surface area contributed by atoms with Crippen molar-refractivity contribution < 1.29 is 18.7 Å². The molecule has 3 rings (SSSR count). The Bertz CT molecular complexity index is 972. The van der Waals surface area contributed by atoms with Gasteiger partial charge < -0.3 is 15.4 Å². The zero-order chi connectivity index (χ0) is 19.9. The lowest BCUT2D eigenvalue weighted by Crippen LogP contribution is -2.25. The lowest BCUT2D eigenvalue weighted by molar-refractivity contribution is -0.116. The smallest absolute Gasteiger partial charge is 0.251 e. The number of amides is 2. The molecule has 28 heavy (non-hydrogen) atoms. The molecule has 3 aromatic rings. The number of thiazole rings is 1. The van der Waals surface area contributed by atoms with E-state index in [-0.39, 0.29) is 18.2 Å². The van der Waals surface area contributed by atoms with Crippen molar-refractivity contribution in [1.82, 2.24) is 10.3 Å². The van der Waals surface area contributed by atoms with E-state index in [0.29, 0.717) is 30.3 Å². The maximum absolute atomic E-state index is 12.9. The molecule has 0 radical (unpaired) electrons. The second-order valence-corrected chi connectivity index (χ2v) is 7.03. The van der Waals surface area contributed by atoms with Gasteiger partial charge in [0.15, 0.2) is 5.13 Å². The van der Waals surface area contributed by atoms with E-state index in [0.717, 1.165) is 16.0 Å². The molecule has 0 aliphatic heterocycles. The fourth-order valence-corrected chi connectivity index (χ4v) is 3.46. The molecule has 0 aliphatic rings. The summed E-state index contributed by atoms with van der Waals surface area (Å²) in [5.74, 6) is -0.0811. The molecule has 8 heteroatoms. The predicted octanol–water partition coefficient (Wildman–Crippen LogP) is 3.98. The first-order chi connectivity index (χ1) is 13.5. The number of fused-ring (bicyclic) bond motifs is 1. The average Bonchev–Trinajstić information content (AvgIpc) is 3.07. The van der Waals surface area contributed by atoms with E-state index in [4.69, 9.17) is 4.74 Å². The minimum atomic E-state index is -0.391. The third kappa shape index (κ3) is 5.26. The minimum Gasteiger partial charge on any atom is -0.494 e. The predicted molar refractivity (Wildman–Crippen MR) is 107 cm³/mol. The van der Waals surface area contributed by atoms with E-state index in [1.807, 2.05) is 25.1 Å². The maximum Gasteiger partial charge on any atom is 0.251 e. The van der Waals surface area contributed by atoms with E-state index >= 15 is 0 Å². The van der Waals surface area contributed by atoms with Crippen LogP contribution in [0, 0.1) is 5.82 Å². The molecular weight excluding hydrogens is 381 g/mol. The average molecular weight is 401 g/mol. The summed E-state index contributed by atoms with van der Waals surface area (Å²) in [5, 5.41) is 6.02. The van der Waals surface area contributed by atoms with Crippen LogP contribution in [0.2, 0.25) is 0 Å². The van der Waals surface area contributed by atoms with Gasteiger partial charge in [-0.25, -0.2) is 9.37 Å². The van der Waals surface area contributed by atoms with E-state index in [1.165, 1.54) is 35.6 Å². The molecule has 0 atom stereocenters. The molecule has 2 aromatic carbocycles. The number of rotatable bonds is 8. The van der Waals surface area contributed by atoms with E-state index in [2.05, 4.69) is 15.6 Å². The number of benzene rings is 2. The van der Waals surface area contributed by atoms with Gasteiger partial charge in [-0.1, -0.05) is 11.3 Å². The van der Waals surface area contributed by atoms with Crippen LogP contribution >= 0.6 is 11.3 Å². The van der Waals surface area contributed by atoms with Crippen molar-refractivity contribution in [2.24, 2.45) is 0 Å². The first-order valence-electron chi connectivity index (χ1n) is 8.92. The fraction of sp³-hybridized carbons (Fsp3) is 0.250. The second kappa shape index (κ2) is 9.27. The van der Waals surface area contributed by atoms with Crippen LogP contribution in [-0.4, -0.2) is 29.9 Å². The van der Waals surface area contributed by atoms with Gasteiger partial charge in [-0.15, -0.1) is 0 Å². The van der Waals surface area contributed by atoms with Gasteiger partial charge in [0.05, 0.1) is 16.8 Å². The number of carbonyl (C=O) groups is 2. The monoisotopic (exact) mass is 401 g/mol. The number of hydrogen-bond acceptors (Lipinski definition) is 5. The van der Waals surface area contributed by atoms with Crippen LogP contribution < -0.4 is 15.4 Å². The number of hydrogen-bond donors (Lipinski definition) is 2. The van der Waals surface area contributed by atoms with Crippen LogP contribution in [0.25, 0.3) is 10.2 Å². The molecule has 6 nitrogen and oxygen atoms in total. The number of ether oxygens (including phenoxy) is 1. The Kier molecular flexibility index (Phi) is 6.54. The lowest BCUT2D eigenvalue weighted by atomic mass is 10.2. The van der Waals surface area contributed by atoms with Crippen molar-refractivity contribution in [3.05, 3.63) is 53.8 Å². The first kappa shape index (κ1) is 19.8. The van der Waals surface area contributed by atoms with Crippen molar-refractivity contribution in [1.29, 1.82) is 0 Å². The van der Waals surface area contributed by atoms with Crippen LogP contribution in [0.1, 0.15) is 30.1 Å². The summed E-state index contributed by atoms with van der Waals surface area (Å²) in [7, 11) is 0. The summed E-state index contributed by atoms with van der Waals surface area (Å²) >= 11 is 1.38. The summed E-state index contributed by atoms with van der Waals surface area (Å²) < 4.78 is 19.3. The van der Waals surface area contributed by atoms with Crippen molar-refractivity contribution >= 4 is 38.5 Å². The topological polar surface area (TPSA) is 80.3 Å². The largest absolute Gasteiger partial charge is 0.494 e. The van der Waals surface area contributed by atoms with Gasteiger partial charge in [-0.3, -0.25) is 9.59 Å². The van der Waals surface area contributed by atoms with E-state index in [9.17, 15) is 14.0 Å². The Morgan fingerprint density at radius 3 is 2.71 bits per heavy atom. The molecular formula is C20H20FN3O3S. The van der Waals surface area contributed by atoms with Crippen LogP contribution in [0.4, 0.5) is 9.52 Å². The fourth-order valence-electron chi connectivity index (χ4n) is 2.55. The third-order valence-electron chi connectivity index (χ3n) is 3.89. The van der Waals surface area contributed by atoms with Gasteiger partial charge >= 0.3 is 0 Å². The summed E-state index contributed by atoms with van der Waals surface area (Å²) in [4.78, 5) is 28.4. The molecule has 2 amide bonds. The van der Waals surface area contributed by atoms with Crippen molar-refractivity contribution in [2.45, 2.75) is 19.8 Å². The summed E-state index contributed by atoms with van der Waals surface area (Å²) in [6.07, 6.45) is 0.738. The highest BCUT2D eigenvalue weighted by atomic mass is 32.1. The maximum atomic E-state index is 12.9. The quantitative estimate of drug-likeness (QED) is 0.560. The molecule has 0 spiro atoms. The molecule has 0 saturated heterocycles. The van der Waals surface area contributed by atoms with Gasteiger partial charge in [-0.05, 0) is 55.8 Å². The Morgan fingerprint density at radius 1 is 1.18 bits per heavy atom. The van der Waals surface area contributed by atoms with Gasteiger partial charge in [0.2, 0.25) is 5.91 Å². The minimum absolute atomic E-state index is 0.167. The van der Waals surface area contributed by atoms with Crippen LogP contribution in [-0.2, 0) is 4.79 Å². The zero-order valence-corrected chi connectivity index (χ0v) is 16.1. The van der Waals surface area contributed by atoms with Crippen LogP contribution in [0.3, 0.4) is 0 Å². The third-order valence-corrected chi connectivity index (χ3v) is 4.82. The molecule has 1 aromatic heterocycles. The van der Waals surface area contributed by atoms with Crippen molar-refractivity contribution in [3.63, 3.8) is 0 Å². The van der Waals surface area contributed by atoms with Gasteiger partial charge in [0.1, 0.15) is 11.6 Å². The molecule has 146 valence electrons. The lowest BCUT2D eigenvalue weighted by Gasteiger charge is -2.05. The van der Waals surface area contributed by atoms with Crippen LogP contribution in [0.5, 0.6) is 5.75 Å². The molecule has 0 saturated carbocycles. The SMILES string of the molecule is CCOc1ccc2nc(NC(=O)CCCNC(=O)c3ccc(F)cc3)sc2c1. The van der Waals surface area contributed by atoms with Crippen molar-refractivity contribution in [3.8, 4) is 5.75 Å².